The van der Waals surface area contributed by atoms with Gasteiger partial charge in [-0.3, -0.25) is 4.79 Å². The number of hydrogen-bond donors (Lipinski definition) is 2. The van der Waals surface area contributed by atoms with E-state index in [-0.39, 0.29) is 0 Å². The predicted molar refractivity (Wildman–Crippen MR) is 93.9 cm³/mol. The zero-order chi connectivity index (χ0) is 16.2. The van der Waals surface area contributed by atoms with Gasteiger partial charge >= 0.3 is 0 Å². The Morgan fingerprint density at radius 1 is 1.04 bits per heavy atom. The van der Waals surface area contributed by atoms with Crippen LogP contribution in [-0.4, -0.2) is 11.3 Å². The standard InChI is InChI=1S/C19H17N3O/c1-13-8-9-16(15-6-3-2-5-14(15)12-23)18(11-13)22-19-17(20)7-4-10-21-19/h2-12H,20H2,1H3,(H,21,22). The molecule has 3 N–H and O–H groups in total. The highest BCUT2D eigenvalue weighted by molar-refractivity contribution is 5.92. The molecular formula is C19H17N3O. The molecule has 4 nitrogen and oxygen atoms in total. The van der Waals surface area contributed by atoms with Crippen molar-refractivity contribution in [3.63, 3.8) is 0 Å². The van der Waals surface area contributed by atoms with Gasteiger partial charge in [0, 0.05) is 23.0 Å². The highest BCUT2D eigenvalue weighted by Gasteiger charge is 2.11. The number of nitrogens with one attached hydrogen (secondary N) is 1. The van der Waals surface area contributed by atoms with Crippen LogP contribution in [0.4, 0.5) is 17.2 Å². The second kappa shape index (κ2) is 6.32. The Kier molecular flexibility index (Phi) is 4.06. The number of hydrogen-bond acceptors (Lipinski definition) is 4. The molecule has 0 aliphatic rings. The molecule has 0 unspecified atom stereocenters. The smallest absolute Gasteiger partial charge is 0.153 e. The highest BCUT2D eigenvalue weighted by Crippen LogP contribution is 2.33. The number of pyridine rings is 1. The van der Waals surface area contributed by atoms with E-state index in [1.54, 1.807) is 24.4 Å². The van der Waals surface area contributed by atoms with Gasteiger partial charge in [0.1, 0.15) is 0 Å². The van der Waals surface area contributed by atoms with Crippen LogP contribution >= 0.6 is 0 Å². The summed E-state index contributed by atoms with van der Waals surface area (Å²) in [5.74, 6) is 0.600. The normalized spacial score (nSPS) is 10.3. The van der Waals surface area contributed by atoms with Crippen LogP contribution in [0.25, 0.3) is 11.1 Å². The van der Waals surface area contributed by atoms with Crippen molar-refractivity contribution in [2.45, 2.75) is 6.92 Å². The first-order valence-electron chi connectivity index (χ1n) is 7.32. The zero-order valence-corrected chi connectivity index (χ0v) is 12.8. The van der Waals surface area contributed by atoms with Gasteiger partial charge in [0.15, 0.2) is 12.1 Å². The van der Waals surface area contributed by atoms with Gasteiger partial charge in [-0.05, 0) is 36.2 Å². The summed E-state index contributed by atoms with van der Waals surface area (Å²) in [4.78, 5) is 15.6. The third-order valence-corrected chi connectivity index (χ3v) is 3.64. The number of nitrogens with two attached hydrogens (primary N) is 1. The number of benzene rings is 2. The maximum atomic E-state index is 11.3. The lowest BCUT2D eigenvalue weighted by atomic mass is 9.97. The van der Waals surface area contributed by atoms with Crippen LogP contribution in [0.5, 0.6) is 0 Å². The molecule has 0 atom stereocenters. The molecule has 0 radical (unpaired) electrons. The quantitative estimate of drug-likeness (QED) is 0.709. The fraction of sp³-hybridized carbons (Fsp3) is 0.0526. The van der Waals surface area contributed by atoms with Gasteiger partial charge < -0.3 is 11.1 Å². The van der Waals surface area contributed by atoms with E-state index in [1.807, 2.05) is 43.3 Å². The van der Waals surface area contributed by atoms with Crippen molar-refractivity contribution >= 4 is 23.5 Å². The van der Waals surface area contributed by atoms with Crippen molar-refractivity contribution in [2.75, 3.05) is 11.1 Å². The predicted octanol–water partition coefficient (Wildman–Crippen LogP) is 4.20. The Bertz CT molecular complexity index is 859. The van der Waals surface area contributed by atoms with E-state index in [2.05, 4.69) is 10.3 Å². The van der Waals surface area contributed by atoms with Crippen molar-refractivity contribution in [1.29, 1.82) is 0 Å². The van der Waals surface area contributed by atoms with Crippen LogP contribution in [0, 0.1) is 6.92 Å². The van der Waals surface area contributed by atoms with Crippen LogP contribution in [0.3, 0.4) is 0 Å². The second-order valence-electron chi connectivity index (χ2n) is 5.32. The van der Waals surface area contributed by atoms with Gasteiger partial charge in [0.05, 0.1) is 5.69 Å². The molecule has 0 amide bonds. The van der Waals surface area contributed by atoms with E-state index in [4.69, 9.17) is 5.73 Å². The third kappa shape index (κ3) is 3.06. The Morgan fingerprint density at radius 2 is 1.87 bits per heavy atom. The minimum Gasteiger partial charge on any atom is -0.396 e. The minimum absolute atomic E-state index is 0.573. The Hall–Kier alpha value is -3.14. The molecule has 4 heteroatoms. The largest absolute Gasteiger partial charge is 0.396 e. The molecule has 3 aromatic rings. The second-order valence-corrected chi connectivity index (χ2v) is 5.32. The number of aromatic nitrogens is 1. The Labute approximate surface area is 135 Å². The van der Waals surface area contributed by atoms with Gasteiger partial charge in [0.25, 0.3) is 0 Å². The summed E-state index contributed by atoms with van der Waals surface area (Å²) in [7, 11) is 0. The molecule has 3 rings (SSSR count). The van der Waals surface area contributed by atoms with Crippen LogP contribution in [0.2, 0.25) is 0 Å². The average molecular weight is 303 g/mol. The fourth-order valence-electron chi connectivity index (χ4n) is 2.49. The van der Waals surface area contributed by atoms with Gasteiger partial charge in [-0.25, -0.2) is 4.98 Å². The molecule has 0 spiro atoms. The third-order valence-electron chi connectivity index (χ3n) is 3.64. The lowest BCUT2D eigenvalue weighted by molar-refractivity contribution is 0.112. The molecule has 0 bridgehead atoms. The first-order chi connectivity index (χ1) is 11.2. The van der Waals surface area contributed by atoms with Crippen molar-refractivity contribution in [3.8, 4) is 11.1 Å². The maximum absolute atomic E-state index is 11.3. The topological polar surface area (TPSA) is 68.0 Å². The number of nitrogen functional groups attached to an aromatic ring is 1. The number of nitrogens with zero attached hydrogens (tertiary/aromatic N) is 1. The highest BCUT2D eigenvalue weighted by atomic mass is 16.1. The summed E-state index contributed by atoms with van der Waals surface area (Å²) < 4.78 is 0. The molecule has 0 aliphatic heterocycles. The van der Waals surface area contributed by atoms with Gasteiger partial charge in [-0.1, -0.05) is 36.4 Å². The zero-order valence-electron chi connectivity index (χ0n) is 12.8. The van der Waals surface area contributed by atoms with Gasteiger partial charge in [-0.2, -0.15) is 0 Å². The van der Waals surface area contributed by atoms with Crippen molar-refractivity contribution in [3.05, 3.63) is 71.9 Å². The van der Waals surface area contributed by atoms with Crippen molar-refractivity contribution < 1.29 is 4.79 Å². The van der Waals surface area contributed by atoms with Gasteiger partial charge in [-0.15, -0.1) is 0 Å². The minimum atomic E-state index is 0.573. The van der Waals surface area contributed by atoms with E-state index in [1.165, 1.54) is 0 Å². The summed E-state index contributed by atoms with van der Waals surface area (Å²) in [5.41, 5.74) is 11.0. The number of aryl methyl sites for hydroxylation is 1. The number of carbonyl (C=O) groups excluding carboxylic acids is 1. The van der Waals surface area contributed by atoms with E-state index in [0.29, 0.717) is 17.1 Å². The molecular weight excluding hydrogens is 286 g/mol. The fourth-order valence-corrected chi connectivity index (χ4v) is 2.49. The first-order valence-corrected chi connectivity index (χ1v) is 7.32. The number of rotatable bonds is 4. The molecule has 0 aliphatic carbocycles. The first kappa shape index (κ1) is 14.8. The SMILES string of the molecule is Cc1ccc(-c2ccccc2C=O)c(Nc2ncccc2N)c1. The van der Waals surface area contributed by atoms with Crippen LogP contribution in [0.1, 0.15) is 15.9 Å². The van der Waals surface area contributed by atoms with Crippen molar-refractivity contribution in [1.82, 2.24) is 4.98 Å². The summed E-state index contributed by atoms with van der Waals surface area (Å²) in [5, 5.41) is 3.28. The number of anilines is 3. The lowest BCUT2D eigenvalue weighted by Gasteiger charge is -2.15. The monoisotopic (exact) mass is 303 g/mol. The van der Waals surface area contributed by atoms with Crippen molar-refractivity contribution in [2.24, 2.45) is 0 Å². The summed E-state index contributed by atoms with van der Waals surface area (Å²) >= 11 is 0. The summed E-state index contributed by atoms with van der Waals surface area (Å²) in [6, 6.07) is 17.1. The molecule has 114 valence electrons. The number of carbonyl (C=O) groups is 1. The van der Waals surface area contributed by atoms with Crippen LogP contribution in [0.15, 0.2) is 60.8 Å². The maximum Gasteiger partial charge on any atom is 0.153 e. The average Bonchev–Trinajstić information content (AvgIpc) is 2.57. The Morgan fingerprint density at radius 3 is 2.65 bits per heavy atom. The molecule has 0 saturated carbocycles. The molecule has 23 heavy (non-hydrogen) atoms. The van der Waals surface area contributed by atoms with E-state index in [9.17, 15) is 4.79 Å². The lowest BCUT2D eigenvalue weighted by Crippen LogP contribution is -2.01. The van der Waals surface area contributed by atoms with Crippen LogP contribution in [-0.2, 0) is 0 Å². The molecule has 0 fully saturated rings. The van der Waals surface area contributed by atoms with E-state index >= 15 is 0 Å². The molecule has 0 saturated heterocycles. The molecule has 2 aromatic carbocycles. The summed E-state index contributed by atoms with van der Waals surface area (Å²) in [6.07, 6.45) is 2.56. The van der Waals surface area contributed by atoms with Gasteiger partial charge in [0.2, 0.25) is 0 Å². The van der Waals surface area contributed by atoms with E-state index in [0.717, 1.165) is 28.7 Å². The van der Waals surface area contributed by atoms with E-state index < -0.39 is 0 Å². The molecule has 1 aromatic heterocycles. The van der Waals surface area contributed by atoms with Crippen LogP contribution < -0.4 is 11.1 Å². The molecule has 1 heterocycles. The number of aldehydes is 1. The Balaban J connectivity index is 2.12. The summed E-state index contributed by atoms with van der Waals surface area (Å²) in [6.45, 7) is 2.02.